The Kier molecular flexibility index (Phi) is 8.01. The van der Waals surface area contributed by atoms with Crippen LogP contribution in [-0.2, 0) is 18.1 Å². The molecule has 0 bridgehead atoms. The van der Waals surface area contributed by atoms with E-state index in [4.69, 9.17) is 4.74 Å². The van der Waals surface area contributed by atoms with Gasteiger partial charge in [0.25, 0.3) is 0 Å². The van der Waals surface area contributed by atoms with Crippen molar-refractivity contribution in [2.24, 2.45) is 0 Å². The lowest BCUT2D eigenvalue weighted by atomic mass is 10.2. The molecule has 5 rings (SSSR count). The third-order valence-electron chi connectivity index (χ3n) is 4.43. The molecule has 0 saturated heterocycles. The summed E-state index contributed by atoms with van der Waals surface area (Å²) >= 11 is 6.90. The van der Waals surface area contributed by atoms with E-state index in [1.807, 2.05) is 78.9 Å². The Balaban J connectivity index is 0.000000183. The standard InChI is InChI=1S/C15H13BrN4O.C7H5BrN4/c16-14-9-5-4-8-13(14)15-17-18-19-20(15)11-21-10-12-6-2-1-3-7-12;8-6-4-2-1-3-5(6)7-9-11-12-10-7/h1-9H,10-11H2;1-4H,(H,9,10,11,12). The molecule has 0 atom stereocenters. The molecule has 11 heteroatoms. The highest BCUT2D eigenvalue weighted by Gasteiger charge is 2.11. The minimum absolute atomic E-state index is 0.304. The first-order valence-corrected chi connectivity index (χ1v) is 11.4. The molecule has 33 heavy (non-hydrogen) atoms. The fourth-order valence-corrected chi connectivity index (χ4v) is 3.79. The number of aromatic nitrogens is 8. The molecule has 9 nitrogen and oxygen atoms in total. The maximum Gasteiger partial charge on any atom is 0.205 e. The van der Waals surface area contributed by atoms with E-state index < -0.39 is 0 Å². The van der Waals surface area contributed by atoms with Crippen molar-refractivity contribution in [2.45, 2.75) is 13.3 Å². The molecule has 166 valence electrons. The summed E-state index contributed by atoms with van der Waals surface area (Å²) in [5.41, 5.74) is 2.99. The lowest BCUT2D eigenvalue weighted by molar-refractivity contribution is 0.0560. The van der Waals surface area contributed by atoms with E-state index in [2.05, 4.69) is 68.0 Å². The van der Waals surface area contributed by atoms with E-state index in [0.29, 0.717) is 25.0 Å². The van der Waals surface area contributed by atoms with Crippen LogP contribution in [0.1, 0.15) is 5.56 Å². The van der Waals surface area contributed by atoms with Crippen LogP contribution < -0.4 is 0 Å². The Bertz CT molecular complexity index is 1280. The zero-order valence-corrected chi connectivity index (χ0v) is 20.4. The Morgan fingerprint density at radius 2 is 1.45 bits per heavy atom. The van der Waals surface area contributed by atoms with Crippen LogP contribution in [0.4, 0.5) is 0 Å². The molecule has 1 N–H and O–H groups in total. The summed E-state index contributed by atoms with van der Waals surface area (Å²) in [4.78, 5) is 0. The van der Waals surface area contributed by atoms with Gasteiger partial charge in [0.1, 0.15) is 6.73 Å². The summed E-state index contributed by atoms with van der Waals surface area (Å²) in [5, 5.41) is 25.4. The van der Waals surface area contributed by atoms with E-state index in [0.717, 1.165) is 25.6 Å². The van der Waals surface area contributed by atoms with E-state index >= 15 is 0 Å². The molecule has 0 spiro atoms. The lowest BCUT2D eigenvalue weighted by Gasteiger charge is -2.07. The maximum absolute atomic E-state index is 5.67. The van der Waals surface area contributed by atoms with Gasteiger partial charge in [-0.3, -0.25) is 0 Å². The van der Waals surface area contributed by atoms with Crippen LogP contribution in [0.25, 0.3) is 22.8 Å². The molecule has 0 aliphatic carbocycles. The van der Waals surface area contributed by atoms with Crippen molar-refractivity contribution in [1.29, 1.82) is 0 Å². The first kappa shape index (κ1) is 22.9. The van der Waals surface area contributed by atoms with Gasteiger partial charge in [-0.25, -0.2) is 0 Å². The molecule has 0 unspecified atom stereocenters. The van der Waals surface area contributed by atoms with Gasteiger partial charge in [0.05, 0.1) is 6.61 Å². The third-order valence-corrected chi connectivity index (χ3v) is 5.81. The molecule has 0 fully saturated rings. The number of nitrogens with zero attached hydrogens (tertiary/aromatic N) is 7. The van der Waals surface area contributed by atoms with Crippen LogP contribution >= 0.6 is 31.9 Å². The molecule has 0 aliphatic heterocycles. The van der Waals surface area contributed by atoms with Crippen molar-refractivity contribution < 1.29 is 4.74 Å². The topological polar surface area (TPSA) is 107 Å². The number of hydrogen-bond donors (Lipinski definition) is 1. The van der Waals surface area contributed by atoms with Crippen LogP contribution in [0.2, 0.25) is 0 Å². The molecule has 5 aromatic rings. The number of tetrazole rings is 2. The average molecular weight is 570 g/mol. The predicted molar refractivity (Wildman–Crippen MR) is 129 cm³/mol. The monoisotopic (exact) mass is 568 g/mol. The van der Waals surface area contributed by atoms with Crippen LogP contribution in [0.5, 0.6) is 0 Å². The molecule has 2 heterocycles. The lowest BCUT2D eigenvalue weighted by Crippen LogP contribution is -2.07. The van der Waals surface area contributed by atoms with Crippen LogP contribution in [0.15, 0.2) is 87.8 Å². The second kappa shape index (κ2) is 11.5. The number of ether oxygens (including phenoxy) is 1. The maximum atomic E-state index is 5.67. The Morgan fingerprint density at radius 3 is 2.12 bits per heavy atom. The average Bonchev–Trinajstić information content (AvgIpc) is 3.54. The van der Waals surface area contributed by atoms with Crippen molar-refractivity contribution in [1.82, 2.24) is 40.8 Å². The minimum Gasteiger partial charge on any atom is -0.354 e. The van der Waals surface area contributed by atoms with Crippen molar-refractivity contribution in [3.8, 4) is 22.8 Å². The zero-order valence-electron chi connectivity index (χ0n) is 17.2. The highest BCUT2D eigenvalue weighted by molar-refractivity contribution is 9.11. The molecule has 3 aromatic carbocycles. The van der Waals surface area contributed by atoms with Crippen LogP contribution in [-0.4, -0.2) is 40.8 Å². The molecule has 0 saturated carbocycles. The third kappa shape index (κ3) is 6.15. The van der Waals surface area contributed by atoms with Gasteiger partial charge in [0.15, 0.2) is 5.82 Å². The Labute approximate surface area is 206 Å². The van der Waals surface area contributed by atoms with Gasteiger partial charge in [-0.15, -0.1) is 15.3 Å². The first-order chi connectivity index (χ1) is 16.2. The minimum atomic E-state index is 0.304. The van der Waals surface area contributed by atoms with E-state index in [1.54, 1.807) is 4.68 Å². The van der Waals surface area contributed by atoms with Gasteiger partial charge in [-0.05, 0) is 45.5 Å². The number of halogens is 2. The molecule has 2 aromatic heterocycles. The van der Waals surface area contributed by atoms with Gasteiger partial charge < -0.3 is 4.74 Å². The highest BCUT2D eigenvalue weighted by atomic mass is 79.9. The number of aromatic amines is 1. The molecular weight excluding hydrogens is 552 g/mol. The van der Waals surface area contributed by atoms with Crippen LogP contribution in [0, 0.1) is 0 Å². The fourth-order valence-electron chi connectivity index (χ4n) is 2.87. The van der Waals surface area contributed by atoms with Crippen molar-refractivity contribution >= 4 is 31.9 Å². The molecule has 0 radical (unpaired) electrons. The van der Waals surface area contributed by atoms with Gasteiger partial charge >= 0.3 is 0 Å². The quantitative estimate of drug-likeness (QED) is 0.309. The first-order valence-electron chi connectivity index (χ1n) is 9.83. The summed E-state index contributed by atoms with van der Waals surface area (Å²) in [6, 6.07) is 25.5. The normalized spacial score (nSPS) is 10.5. The fraction of sp³-hybridized carbons (Fsp3) is 0.0909. The SMILES string of the molecule is Brc1ccccc1-c1nn[nH]n1.Brc1ccccc1-c1nnnn1COCc1ccccc1. The van der Waals surface area contributed by atoms with Gasteiger partial charge in [-0.2, -0.15) is 9.90 Å². The Hall–Kier alpha value is -3.28. The number of benzene rings is 3. The van der Waals surface area contributed by atoms with Gasteiger partial charge in [-0.1, -0.05) is 86.5 Å². The summed E-state index contributed by atoms with van der Waals surface area (Å²) < 4.78 is 9.23. The zero-order chi connectivity index (χ0) is 22.9. The van der Waals surface area contributed by atoms with E-state index in [-0.39, 0.29) is 0 Å². The Morgan fingerprint density at radius 1 is 0.788 bits per heavy atom. The van der Waals surface area contributed by atoms with Crippen molar-refractivity contribution in [3.05, 3.63) is 93.4 Å². The highest BCUT2D eigenvalue weighted by Crippen LogP contribution is 2.25. The van der Waals surface area contributed by atoms with Gasteiger partial charge in [0.2, 0.25) is 5.82 Å². The summed E-state index contributed by atoms with van der Waals surface area (Å²) in [6.45, 7) is 0.828. The van der Waals surface area contributed by atoms with Gasteiger partial charge in [0, 0.05) is 20.1 Å². The number of nitrogens with one attached hydrogen (secondary N) is 1. The summed E-state index contributed by atoms with van der Waals surface area (Å²) in [5.74, 6) is 1.28. The smallest absolute Gasteiger partial charge is 0.205 e. The number of hydrogen-bond acceptors (Lipinski definition) is 7. The predicted octanol–water partition coefficient (Wildman–Crippen LogP) is 4.91. The van der Waals surface area contributed by atoms with E-state index in [1.165, 1.54) is 0 Å². The van der Waals surface area contributed by atoms with Crippen molar-refractivity contribution in [3.63, 3.8) is 0 Å². The van der Waals surface area contributed by atoms with Crippen LogP contribution in [0.3, 0.4) is 0 Å². The second-order valence-corrected chi connectivity index (χ2v) is 8.37. The molecule has 0 amide bonds. The second-order valence-electron chi connectivity index (χ2n) is 6.66. The summed E-state index contributed by atoms with van der Waals surface area (Å²) in [7, 11) is 0. The van der Waals surface area contributed by atoms with Crippen molar-refractivity contribution in [2.75, 3.05) is 0 Å². The summed E-state index contributed by atoms with van der Waals surface area (Å²) in [6.07, 6.45) is 0. The number of H-pyrrole nitrogens is 1. The van der Waals surface area contributed by atoms with E-state index in [9.17, 15) is 0 Å². The number of rotatable bonds is 6. The molecular formula is C22H18Br2N8O. The largest absolute Gasteiger partial charge is 0.354 e. The molecule has 0 aliphatic rings.